The van der Waals surface area contributed by atoms with E-state index in [1.165, 1.54) is 23.5 Å². The van der Waals surface area contributed by atoms with Crippen LogP contribution in [0.4, 0.5) is 41.4 Å². The Morgan fingerprint density at radius 1 is 1.00 bits per heavy atom. The summed E-state index contributed by atoms with van der Waals surface area (Å²) in [5, 5.41) is 10.9. The molecule has 0 spiro atoms. The first kappa shape index (κ1) is 24.8. The van der Waals surface area contributed by atoms with Crippen molar-refractivity contribution in [2.75, 3.05) is 35.7 Å². The second-order valence-corrected chi connectivity index (χ2v) is 9.98. The predicted molar refractivity (Wildman–Crippen MR) is 139 cm³/mol. The number of fused-ring (bicyclic) bond motifs is 1. The van der Waals surface area contributed by atoms with Crippen molar-refractivity contribution in [1.29, 1.82) is 0 Å². The standard InChI is InChI=1S/C23H20Cl2F3N7S/c1-29-14-9-10-35(11-14)21-33-19(30-13-7-5-12(6-8-13)23(26,27)28)18-20(34-21)36-22(32-18)31-17-15(24)3-2-4-16(17)25/h2-8,14,29H,9-11H2,1H3,(H,31,32)(H,30,33,34)/t14-/m1/s1. The molecule has 0 unspecified atom stereocenters. The average Bonchev–Trinajstić information content (AvgIpc) is 3.48. The molecule has 36 heavy (non-hydrogen) atoms. The lowest BCUT2D eigenvalue weighted by Crippen LogP contribution is -2.30. The molecule has 0 saturated carbocycles. The van der Waals surface area contributed by atoms with Crippen molar-refractivity contribution in [3.05, 3.63) is 58.1 Å². The summed E-state index contributed by atoms with van der Waals surface area (Å²) in [7, 11) is 1.91. The molecule has 2 aromatic carbocycles. The van der Waals surface area contributed by atoms with Crippen LogP contribution in [-0.4, -0.2) is 41.1 Å². The van der Waals surface area contributed by atoms with Crippen molar-refractivity contribution in [1.82, 2.24) is 20.3 Å². The number of likely N-dealkylation sites (N-methyl/N-ethyl adjacent to an activating group) is 1. The molecule has 3 N–H and O–H groups in total. The number of rotatable bonds is 6. The van der Waals surface area contributed by atoms with Crippen molar-refractivity contribution in [3.8, 4) is 0 Å². The highest BCUT2D eigenvalue weighted by Gasteiger charge is 2.30. The number of para-hydroxylation sites is 1. The van der Waals surface area contributed by atoms with Gasteiger partial charge in [-0.15, -0.1) is 0 Å². The van der Waals surface area contributed by atoms with Crippen molar-refractivity contribution < 1.29 is 13.2 Å². The second-order valence-electron chi connectivity index (χ2n) is 8.19. The molecule has 188 valence electrons. The van der Waals surface area contributed by atoms with E-state index in [9.17, 15) is 13.2 Å². The fraction of sp³-hybridized carbons (Fsp3) is 0.261. The molecule has 1 saturated heterocycles. The maximum absolute atomic E-state index is 13.0. The van der Waals surface area contributed by atoms with Gasteiger partial charge in [0.25, 0.3) is 0 Å². The van der Waals surface area contributed by atoms with Gasteiger partial charge in [0.1, 0.15) is 5.52 Å². The summed E-state index contributed by atoms with van der Waals surface area (Å²) < 4.78 is 39.0. The van der Waals surface area contributed by atoms with Crippen LogP contribution < -0.4 is 20.9 Å². The Morgan fingerprint density at radius 3 is 2.36 bits per heavy atom. The summed E-state index contributed by atoms with van der Waals surface area (Å²) >= 11 is 13.9. The molecule has 1 aliphatic heterocycles. The second kappa shape index (κ2) is 9.89. The zero-order valence-corrected chi connectivity index (χ0v) is 21.2. The van der Waals surface area contributed by atoms with Crippen LogP contribution in [0.5, 0.6) is 0 Å². The molecule has 2 aromatic heterocycles. The van der Waals surface area contributed by atoms with Crippen LogP contribution in [0.15, 0.2) is 42.5 Å². The summed E-state index contributed by atoms with van der Waals surface area (Å²) in [6.45, 7) is 1.51. The third-order valence-electron chi connectivity index (χ3n) is 5.80. The Balaban J connectivity index is 1.53. The summed E-state index contributed by atoms with van der Waals surface area (Å²) in [6, 6.07) is 10.2. The van der Waals surface area contributed by atoms with Gasteiger partial charge in [0.15, 0.2) is 15.8 Å². The molecule has 0 radical (unpaired) electrons. The van der Waals surface area contributed by atoms with Gasteiger partial charge >= 0.3 is 6.18 Å². The van der Waals surface area contributed by atoms with E-state index in [-0.39, 0.29) is 0 Å². The minimum atomic E-state index is -4.41. The van der Waals surface area contributed by atoms with Gasteiger partial charge in [0.2, 0.25) is 5.95 Å². The molecule has 5 rings (SSSR count). The van der Waals surface area contributed by atoms with Gasteiger partial charge < -0.3 is 20.9 Å². The van der Waals surface area contributed by atoms with Gasteiger partial charge in [-0.3, -0.25) is 0 Å². The highest BCUT2D eigenvalue weighted by atomic mass is 35.5. The Morgan fingerprint density at radius 2 is 1.72 bits per heavy atom. The van der Waals surface area contributed by atoms with E-state index in [2.05, 4.69) is 25.8 Å². The van der Waals surface area contributed by atoms with Crippen LogP contribution in [0.25, 0.3) is 10.3 Å². The number of aromatic nitrogens is 3. The highest BCUT2D eigenvalue weighted by Crippen LogP contribution is 2.38. The molecule has 1 atom stereocenters. The molecule has 13 heteroatoms. The first-order valence-electron chi connectivity index (χ1n) is 11.0. The smallest absolute Gasteiger partial charge is 0.339 e. The molecular weight excluding hydrogens is 534 g/mol. The fourth-order valence-corrected chi connectivity index (χ4v) is 5.21. The van der Waals surface area contributed by atoms with Crippen molar-refractivity contribution in [3.63, 3.8) is 0 Å². The number of hydrogen-bond donors (Lipinski definition) is 3. The van der Waals surface area contributed by atoms with E-state index in [0.717, 1.165) is 31.6 Å². The van der Waals surface area contributed by atoms with E-state index >= 15 is 0 Å². The molecular formula is C23H20Cl2F3N7S. The summed E-state index contributed by atoms with van der Waals surface area (Å²) in [5.74, 6) is 0.901. The number of alkyl halides is 3. The number of hydrogen-bond acceptors (Lipinski definition) is 8. The van der Waals surface area contributed by atoms with Crippen molar-refractivity contribution in [2.24, 2.45) is 0 Å². The van der Waals surface area contributed by atoms with E-state index in [4.69, 9.17) is 33.2 Å². The molecule has 0 bridgehead atoms. The lowest BCUT2D eigenvalue weighted by atomic mass is 10.2. The monoisotopic (exact) mass is 553 g/mol. The zero-order valence-electron chi connectivity index (χ0n) is 18.8. The maximum atomic E-state index is 13.0. The average molecular weight is 554 g/mol. The van der Waals surface area contributed by atoms with Gasteiger partial charge in [-0.05, 0) is 49.9 Å². The lowest BCUT2D eigenvalue weighted by Gasteiger charge is -2.17. The Hall–Kier alpha value is -2.86. The molecule has 1 fully saturated rings. The molecule has 4 aromatic rings. The largest absolute Gasteiger partial charge is 0.416 e. The summed E-state index contributed by atoms with van der Waals surface area (Å²) in [6.07, 6.45) is -3.47. The number of anilines is 5. The predicted octanol–water partition coefficient (Wildman–Crippen LogP) is 6.70. The van der Waals surface area contributed by atoms with Crippen LogP contribution in [0.1, 0.15) is 12.0 Å². The molecule has 0 aliphatic carbocycles. The quantitative estimate of drug-likeness (QED) is 0.245. The molecule has 3 heterocycles. The topological polar surface area (TPSA) is 78.0 Å². The minimum Gasteiger partial charge on any atom is -0.339 e. The Kier molecular flexibility index (Phi) is 6.82. The zero-order chi connectivity index (χ0) is 25.4. The van der Waals surface area contributed by atoms with Gasteiger partial charge in [0.05, 0.1) is 21.3 Å². The van der Waals surface area contributed by atoms with Gasteiger partial charge in [0, 0.05) is 24.8 Å². The van der Waals surface area contributed by atoms with Gasteiger partial charge in [-0.2, -0.15) is 23.1 Å². The number of halogens is 5. The number of nitrogens with one attached hydrogen (secondary N) is 3. The third kappa shape index (κ3) is 5.15. The molecule has 7 nitrogen and oxygen atoms in total. The van der Waals surface area contributed by atoms with Crippen LogP contribution in [0, 0.1) is 0 Å². The van der Waals surface area contributed by atoms with Gasteiger partial charge in [-0.25, -0.2) is 4.98 Å². The van der Waals surface area contributed by atoms with Crippen LogP contribution >= 0.6 is 34.5 Å². The number of nitrogens with zero attached hydrogens (tertiary/aromatic N) is 4. The minimum absolute atomic E-state index is 0.316. The van der Waals surface area contributed by atoms with E-state index in [0.29, 0.717) is 54.7 Å². The first-order chi connectivity index (χ1) is 17.2. The van der Waals surface area contributed by atoms with E-state index in [1.54, 1.807) is 18.2 Å². The summed E-state index contributed by atoms with van der Waals surface area (Å²) in [4.78, 5) is 16.7. The lowest BCUT2D eigenvalue weighted by molar-refractivity contribution is -0.137. The van der Waals surface area contributed by atoms with Crippen LogP contribution in [0.3, 0.4) is 0 Å². The van der Waals surface area contributed by atoms with E-state index < -0.39 is 11.7 Å². The van der Waals surface area contributed by atoms with Crippen LogP contribution in [-0.2, 0) is 6.18 Å². The molecule has 0 amide bonds. The normalized spacial score (nSPS) is 16.1. The Labute approximate surface area is 218 Å². The first-order valence-corrected chi connectivity index (χ1v) is 12.5. The van der Waals surface area contributed by atoms with E-state index in [1.807, 2.05) is 7.05 Å². The fourth-order valence-electron chi connectivity index (χ4n) is 3.87. The molecule has 1 aliphatic rings. The van der Waals surface area contributed by atoms with Crippen molar-refractivity contribution in [2.45, 2.75) is 18.6 Å². The highest BCUT2D eigenvalue weighted by molar-refractivity contribution is 7.22. The van der Waals surface area contributed by atoms with Crippen molar-refractivity contribution >= 4 is 73.2 Å². The SMILES string of the molecule is CN[C@@H]1CCN(c2nc(Nc3ccc(C(F)(F)F)cc3)c3nc(Nc4c(Cl)cccc4Cl)sc3n2)C1. The van der Waals surface area contributed by atoms with Gasteiger partial charge in [-0.1, -0.05) is 40.6 Å². The summed E-state index contributed by atoms with van der Waals surface area (Å²) in [5.41, 5.74) is 0.703. The maximum Gasteiger partial charge on any atom is 0.416 e. The number of benzene rings is 2. The Bertz CT molecular complexity index is 1370. The number of thiazole rings is 1. The third-order valence-corrected chi connectivity index (χ3v) is 7.29. The van der Waals surface area contributed by atoms with Crippen LogP contribution in [0.2, 0.25) is 10.0 Å².